The van der Waals surface area contributed by atoms with Crippen LogP contribution in [0.25, 0.3) is 0 Å². The van der Waals surface area contributed by atoms with Crippen LogP contribution in [0.15, 0.2) is 40.6 Å². The summed E-state index contributed by atoms with van der Waals surface area (Å²) < 4.78 is 1.43. The third kappa shape index (κ3) is 4.25. The van der Waals surface area contributed by atoms with E-state index in [0.717, 1.165) is 11.5 Å². The fraction of sp³-hybridized carbons (Fsp3) is 0.333. The van der Waals surface area contributed by atoms with Gasteiger partial charge in [0.1, 0.15) is 0 Å². The van der Waals surface area contributed by atoms with E-state index < -0.39 is 0 Å². The molecule has 2 heteroatoms. The molecule has 0 aliphatic heterocycles. The van der Waals surface area contributed by atoms with Gasteiger partial charge in [-0.15, -0.1) is 23.5 Å². The first-order valence-electron chi connectivity index (χ1n) is 4.82. The Kier molecular flexibility index (Phi) is 5.88. The van der Waals surface area contributed by atoms with Crippen LogP contribution >= 0.6 is 23.5 Å². The Bertz CT molecular complexity index is 278. The standard InChI is InChI=1S/C12H16S2/c1-3-12(13-4-2)14-10-11-8-6-5-7-9-11/h3,5-9H,4,10H2,1-2H3. The molecule has 14 heavy (non-hydrogen) atoms. The zero-order valence-electron chi connectivity index (χ0n) is 8.69. The molecule has 0 N–H and O–H groups in total. The van der Waals surface area contributed by atoms with Crippen molar-refractivity contribution in [2.45, 2.75) is 19.6 Å². The molecule has 0 atom stereocenters. The zero-order chi connectivity index (χ0) is 10.2. The zero-order valence-corrected chi connectivity index (χ0v) is 10.3. The molecular weight excluding hydrogens is 208 g/mol. The van der Waals surface area contributed by atoms with Gasteiger partial charge in [0.15, 0.2) is 0 Å². The molecule has 76 valence electrons. The van der Waals surface area contributed by atoms with Crippen LogP contribution in [0.4, 0.5) is 0 Å². The van der Waals surface area contributed by atoms with Crippen molar-refractivity contribution < 1.29 is 0 Å². The Morgan fingerprint density at radius 3 is 2.50 bits per heavy atom. The molecule has 0 aliphatic rings. The molecule has 0 saturated heterocycles. The second-order valence-electron chi connectivity index (χ2n) is 2.81. The van der Waals surface area contributed by atoms with Crippen LogP contribution in [0.2, 0.25) is 0 Å². The fourth-order valence-corrected chi connectivity index (χ4v) is 3.06. The first-order chi connectivity index (χ1) is 6.86. The van der Waals surface area contributed by atoms with Gasteiger partial charge in [0.25, 0.3) is 0 Å². The topological polar surface area (TPSA) is 0 Å². The lowest BCUT2D eigenvalue weighted by atomic mass is 10.2. The Morgan fingerprint density at radius 2 is 1.93 bits per heavy atom. The van der Waals surface area contributed by atoms with E-state index in [2.05, 4.69) is 50.3 Å². The van der Waals surface area contributed by atoms with E-state index in [-0.39, 0.29) is 0 Å². The maximum Gasteiger partial charge on any atom is 0.0361 e. The van der Waals surface area contributed by atoms with Crippen molar-refractivity contribution in [1.29, 1.82) is 0 Å². The smallest absolute Gasteiger partial charge is 0.0361 e. The van der Waals surface area contributed by atoms with Crippen LogP contribution < -0.4 is 0 Å². The Labute approximate surface area is 95.2 Å². The molecule has 0 amide bonds. The van der Waals surface area contributed by atoms with Gasteiger partial charge in [0, 0.05) is 9.99 Å². The fourth-order valence-electron chi connectivity index (χ4n) is 1.08. The highest BCUT2D eigenvalue weighted by Crippen LogP contribution is 2.30. The Morgan fingerprint density at radius 1 is 1.21 bits per heavy atom. The summed E-state index contributed by atoms with van der Waals surface area (Å²) in [6.07, 6.45) is 2.20. The maximum absolute atomic E-state index is 2.20. The van der Waals surface area contributed by atoms with E-state index in [1.165, 1.54) is 9.80 Å². The lowest BCUT2D eigenvalue weighted by Gasteiger charge is -2.04. The molecule has 1 aromatic rings. The van der Waals surface area contributed by atoms with Crippen LogP contribution in [0.5, 0.6) is 0 Å². The van der Waals surface area contributed by atoms with Crippen molar-refractivity contribution >= 4 is 23.5 Å². The lowest BCUT2D eigenvalue weighted by molar-refractivity contribution is 1.42. The van der Waals surface area contributed by atoms with E-state index in [1.807, 2.05) is 23.5 Å². The predicted molar refractivity (Wildman–Crippen MR) is 69.6 cm³/mol. The molecule has 0 nitrogen and oxygen atoms in total. The quantitative estimate of drug-likeness (QED) is 0.720. The van der Waals surface area contributed by atoms with Crippen molar-refractivity contribution in [2.24, 2.45) is 0 Å². The summed E-state index contributed by atoms with van der Waals surface area (Å²) in [6, 6.07) is 10.6. The highest BCUT2D eigenvalue weighted by molar-refractivity contribution is 8.21. The first-order valence-corrected chi connectivity index (χ1v) is 6.79. The predicted octanol–water partition coefficient (Wildman–Crippen LogP) is 4.53. The first kappa shape index (κ1) is 11.7. The molecule has 1 aromatic carbocycles. The maximum atomic E-state index is 2.20. The Hall–Kier alpha value is -0.340. The molecule has 0 radical (unpaired) electrons. The van der Waals surface area contributed by atoms with Gasteiger partial charge in [-0.2, -0.15) is 0 Å². The van der Waals surface area contributed by atoms with Crippen molar-refractivity contribution in [3.63, 3.8) is 0 Å². The monoisotopic (exact) mass is 224 g/mol. The molecule has 0 unspecified atom stereocenters. The van der Waals surface area contributed by atoms with Crippen molar-refractivity contribution in [3.8, 4) is 0 Å². The van der Waals surface area contributed by atoms with Gasteiger partial charge in [0.2, 0.25) is 0 Å². The van der Waals surface area contributed by atoms with E-state index >= 15 is 0 Å². The largest absolute Gasteiger partial charge is 0.120 e. The average Bonchev–Trinajstić information content (AvgIpc) is 2.25. The molecule has 0 fully saturated rings. The highest BCUT2D eigenvalue weighted by Gasteiger charge is 1.97. The number of hydrogen-bond acceptors (Lipinski definition) is 2. The van der Waals surface area contributed by atoms with Crippen molar-refractivity contribution in [2.75, 3.05) is 5.75 Å². The molecule has 0 saturated carbocycles. The Balaban J connectivity index is 2.40. The third-order valence-corrected chi connectivity index (χ3v) is 4.26. The SMILES string of the molecule is CC=C(SCC)SCc1ccccc1. The van der Waals surface area contributed by atoms with E-state index in [1.54, 1.807) is 0 Å². The van der Waals surface area contributed by atoms with Gasteiger partial charge in [0.05, 0.1) is 0 Å². The van der Waals surface area contributed by atoms with Crippen LogP contribution in [0.3, 0.4) is 0 Å². The lowest BCUT2D eigenvalue weighted by Crippen LogP contribution is -1.79. The minimum absolute atomic E-state index is 1.08. The molecule has 0 bridgehead atoms. The molecule has 0 spiro atoms. The minimum Gasteiger partial charge on any atom is -0.120 e. The number of thioether (sulfide) groups is 2. The van der Waals surface area contributed by atoms with E-state index in [9.17, 15) is 0 Å². The van der Waals surface area contributed by atoms with Gasteiger partial charge < -0.3 is 0 Å². The van der Waals surface area contributed by atoms with Crippen LogP contribution in [-0.2, 0) is 5.75 Å². The van der Waals surface area contributed by atoms with E-state index in [4.69, 9.17) is 0 Å². The molecule has 0 aliphatic carbocycles. The van der Waals surface area contributed by atoms with E-state index in [0.29, 0.717) is 0 Å². The van der Waals surface area contributed by atoms with Crippen LogP contribution in [-0.4, -0.2) is 5.75 Å². The second-order valence-corrected chi connectivity index (χ2v) is 5.40. The van der Waals surface area contributed by atoms with Crippen molar-refractivity contribution in [1.82, 2.24) is 0 Å². The number of allylic oxidation sites excluding steroid dienone is 1. The highest BCUT2D eigenvalue weighted by atomic mass is 32.2. The molecular formula is C12H16S2. The second kappa shape index (κ2) is 7.02. The van der Waals surface area contributed by atoms with Crippen LogP contribution in [0.1, 0.15) is 19.4 Å². The van der Waals surface area contributed by atoms with Gasteiger partial charge in [-0.25, -0.2) is 0 Å². The number of hydrogen-bond donors (Lipinski definition) is 0. The summed E-state index contributed by atoms with van der Waals surface area (Å²) in [4.78, 5) is 0. The summed E-state index contributed by atoms with van der Waals surface area (Å²) in [5.74, 6) is 2.23. The molecule has 0 aromatic heterocycles. The number of benzene rings is 1. The summed E-state index contributed by atoms with van der Waals surface area (Å²) in [5.41, 5.74) is 1.40. The average molecular weight is 224 g/mol. The van der Waals surface area contributed by atoms with Gasteiger partial charge >= 0.3 is 0 Å². The van der Waals surface area contributed by atoms with Gasteiger partial charge in [-0.1, -0.05) is 43.3 Å². The minimum atomic E-state index is 1.08. The summed E-state index contributed by atoms with van der Waals surface area (Å²) in [6.45, 7) is 4.30. The third-order valence-electron chi connectivity index (χ3n) is 1.75. The van der Waals surface area contributed by atoms with Crippen molar-refractivity contribution in [3.05, 3.63) is 46.2 Å². The van der Waals surface area contributed by atoms with Crippen LogP contribution in [0, 0.1) is 0 Å². The summed E-state index contributed by atoms with van der Waals surface area (Å²) >= 11 is 3.84. The van der Waals surface area contributed by atoms with Gasteiger partial charge in [-0.05, 0) is 18.2 Å². The molecule has 0 heterocycles. The van der Waals surface area contributed by atoms with Gasteiger partial charge in [-0.3, -0.25) is 0 Å². The molecule has 1 rings (SSSR count). The summed E-state index contributed by atoms with van der Waals surface area (Å²) in [7, 11) is 0. The summed E-state index contributed by atoms with van der Waals surface area (Å²) in [5, 5.41) is 0. The number of rotatable bonds is 5. The normalized spacial score (nSPS) is 11.7.